The predicted molar refractivity (Wildman–Crippen MR) is 138 cm³/mol. The molecule has 0 saturated carbocycles. The van der Waals surface area contributed by atoms with Gasteiger partial charge in [0.2, 0.25) is 0 Å². The number of hydrogen-bond donors (Lipinski definition) is 0. The molecule has 0 fully saturated rings. The zero-order valence-electron chi connectivity index (χ0n) is 19.2. The zero-order chi connectivity index (χ0) is 23.6. The van der Waals surface area contributed by atoms with Crippen LogP contribution < -0.4 is 4.74 Å². The molecule has 34 heavy (non-hydrogen) atoms. The topological polar surface area (TPSA) is 34.0 Å². The zero-order valence-corrected chi connectivity index (χ0v) is 19.2. The first kappa shape index (κ1) is 23.1. The molecule has 0 amide bonds. The van der Waals surface area contributed by atoms with Crippen LogP contribution in [0.2, 0.25) is 0 Å². The first-order chi connectivity index (χ1) is 16.7. The van der Waals surface area contributed by atoms with Crippen LogP contribution in [0, 0.1) is 5.82 Å². The highest BCUT2D eigenvalue weighted by atomic mass is 19.1. The van der Waals surface area contributed by atoms with Crippen molar-refractivity contribution in [2.24, 2.45) is 9.98 Å². The van der Waals surface area contributed by atoms with Crippen molar-refractivity contribution >= 4 is 17.1 Å². The van der Waals surface area contributed by atoms with Gasteiger partial charge < -0.3 is 4.74 Å². The van der Waals surface area contributed by atoms with E-state index < -0.39 is 0 Å². The molecule has 0 unspecified atom stereocenters. The van der Waals surface area contributed by atoms with Gasteiger partial charge in [0.05, 0.1) is 23.7 Å². The molecule has 0 bridgehead atoms. The van der Waals surface area contributed by atoms with E-state index in [1.807, 2.05) is 79.7 Å². The quantitative estimate of drug-likeness (QED) is 0.251. The minimum absolute atomic E-state index is 0.280. The fourth-order valence-corrected chi connectivity index (χ4v) is 3.62. The molecule has 0 N–H and O–H groups in total. The van der Waals surface area contributed by atoms with Gasteiger partial charge >= 0.3 is 0 Å². The molecule has 0 aliphatic heterocycles. The molecular formula is C30H27FN2O. The summed E-state index contributed by atoms with van der Waals surface area (Å²) in [5.41, 5.74) is 5.25. The molecule has 0 aliphatic carbocycles. The van der Waals surface area contributed by atoms with E-state index in [-0.39, 0.29) is 5.82 Å². The maximum atomic E-state index is 13.7. The highest BCUT2D eigenvalue weighted by Crippen LogP contribution is 2.21. The van der Waals surface area contributed by atoms with Gasteiger partial charge in [0.15, 0.2) is 0 Å². The Hall–Kier alpha value is -4.05. The number of ether oxygens (including phenoxy) is 1. The van der Waals surface area contributed by atoms with Crippen molar-refractivity contribution in [3.05, 3.63) is 132 Å². The van der Waals surface area contributed by atoms with Crippen LogP contribution in [-0.4, -0.2) is 24.6 Å². The van der Waals surface area contributed by atoms with E-state index in [4.69, 9.17) is 14.7 Å². The van der Waals surface area contributed by atoms with Gasteiger partial charge in [-0.2, -0.15) is 0 Å². The molecule has 0 aromatic heterocycles. The smallest absolute Gasteiger partial charge is 0.123 e. The lowest BCUT2D eigenvalue weighted by atomic mass is 9.99. The first-order valence-corrected chi connectivity index (χ1v) is 11.4. The largest absolute Gasteiger partial charge is 0.494 e. The summed E-state index contributed by atoms with van der Waals surface area (Å²) >= 11 is 0. The third-order valence-electron chi connectivity index (χ3n) is 5.29. The number of halogens is 1. The fourth-order valence-electron chi connectivity index (χ4n) is 3.62. The molecule has 3 nitrogen and oxygen atoms in total. The highest BCUT2D eigenvalue weighted by molar-refractivity contribution is 6.53. The average molecular weight is 451 g/mol. The summed E-state index contributed by atoms with van der Waals surface area (Å²) in [4.78, 5) is 9.97. The number of nitrogens with zero attached hydrogens (tertiary/aromatic N) is 2. The second-order valence-corrected chi connectivity index (χ2v) is 7.73. The van der Waals surface area contributed by atoms with Gasteiger partial charge in [0.25, 0.3) is 0 Å². The lowest BCUT2D eigenvalue weighted by Crippen LogP contribution is -2.18. The number of rotatable bonds is 9. The van der Waals surface area contributed by atoms with Crippen LogP contribution in [0.4, 0.5) is 10.1 Å². The van der Waals surface area contributed by atoms with Crippen LogP contribution in [0.3, 0.4) is 0 Å². The highest BCUT2D eigenvalue weighted by Gasteiger charge is 2.15. The second kappa shape index (κ2) is 11.7. The molecular weight excluding hydrogens is 423 g/mol. The number of hydrogen-bond acceptors (Lipinski definition) is 3. The van der Waals surface area contributed by atoms with Crippen molar-refractivity contribution < 1.29 is 9.13 Å². The molecule has 4 rings (SSSR count). The van der Waals surface area contributed by atoms with E-state index in [0.29, 0.717) is 13.2 Å². The Morgan fingerprint density at radius 1 is 0.706 bits per heavy atom. The van der Waals surface area contributed by atoms with Crippen LogP contribution in [0.5, 0.6) is 5.75 Å². The van der Waals surface area contributed by atoms with Crippen molar-refractivity contribution in [2.45, 2.75) is 13.3 Å². The molecule has 4 heteroatoms. The molecule has 4 aromatic rings. The molecule has 0 heterocycles. The van der Waals surface area contributed by atoms with Crippen molar-refractivity contribution in [1.82, 2.24) is 0 Å². The van der Waals surface area contributed by atoms with Gasteiger partial charge in [0, 0.05) is 17.7 Å². The summed E-state index contributed by atoms with van der Waals surface area (Å²) in [6, 6.07) is 34.4. The third-order valence-corrected chi connectivity index (χ3v) is 5.29. The van der Waals surface area contributed by atoms with Crippen LogP contribution in [0.25, 0.3) is 0 Å². The van der Waals surface area contributed by atoms with Crippen LogP contribution >= 0.6 is 0 Å². The van der Waals surface area contributed by atoms with Gasteiger partial charge in [-0.25, -0.2) is 9.38 Å². The number of benzene rings is 4. The van der Waals surface area contributed by atoms with E-state index in [2.05, 4.69) is 12.1 Å². The predicted octanol–water partition coefficient (Wildman–Crippen LogP) is 7.08. The summed E-state index contributed by atoms with van der Waals surface area (Å²) in [6.07, 6.45) is 0.802. The Morgan fingerprint density at radius 2 is 1.32 bits per heavy atom. The van der Waals surface area contributed by atoms with E-state index in [9.17, 15) is 4.39 Å². The molecule has 0 radical (unpaired) electrons. The Labute approximate surface area is 200 Å². The molecule has 170 valence electrons. The van der Waals surface area contributed by atoms with Crippen molar-refractivity contribution in [3.63, 3.8) is 0 Å². The van der Waals surface area contributed by atoms with Crippen molar-refractivity contribution in [2.75, 3.05) is 13.2 Å². The number of aliphatic imine (C=N–C) groups is 2. The Bertz CT molecular complexity index is 1230. The van der Waals surface area contributed by atoms with E-state index in [0.717, 1.165) is 40.4 Å². The normalized spacial score (nSPS) is 11.9. The molecule has 0 spiro atoms. The molecule has 0 aliphatic rings. The monoisotopic (exact) mass is 450 g/mol. The third kappa shape index (κ3) is 6.26. The minimum atomic E-state index is -0.280. The molecule has 4 aromatic carbocycles. The average Bonchev–Trinajstić information content (AvgIpc) is 2.89. The van der Waals surface area contributed by atoms with Crippen LogP contribution in [0.1, 0.15) is 23.6 Å². The first-order valence-electron chi connectivity index (χ1n) is 11.4. The Morgan fingerprint density at radius 3 is 1.97 bits per heavy atom. The maximum Gasteiger partial charge on any atom is 0.123 e. The summed E-state index contributed by atoms with van der Waals surface area (Å²) in [6.45, 7) is 3.16. The second-order valence-electron chi connectivity index (χ2n) is 7.73. The minimum Gasteiger partial charge on any atom is -0.494 e. The van der Waals surface area contributed by atoms with Gasteiger partial charge in [-0.3, -0.25) is 4.99 Å². The summed E-state index contributed by atoms with van der Waals surface area (Å²) in [5.74, 6) is 0.523. The maximum absolute atomic E-state index is 13.7. The van der Waals surface area contributed by atoms with Crippen molar-refractivity contribution in [1.29, 1.82) is 0 Å². The Kier molecular flexibility index (Phi) is 7.96. The van der Waals surface area contributed by atoms with Gasteiger partial charge in [-0.1, -0.05) is 60.7 Å². The van der Waals surface area contributed by atoms with Gasteiger partial charge in [-0.05, 0) is 67.4 Å². The SMILES string of the molecule is CCOc1ccc(N=C(C(=NCCc2ccccc2)c2ccc(F)cc2)c2ccccc2)cc1. The fraction of sp³-hybridized carbons (Fsp3) is 0.133. The van der Waals surface area contributed by atoms with E-state index >= 15 is 0 Å². The molecule has 0 saturated heterocycles. The van der Waals surface area contributed by atoms with Gasteiger partial charge in [0.1, 0.15) is 11.6 Å². The Balaban J connectivity index is 1.76. The van der Waals surface area contributed by atoms with E-state index in [1.165, 1.54) is 17.7 Å². The van der Waals surface area contributed by atoms with Gasteiger partial charge in [-0.15, -0.1) is 0 Å². The van der Waals surface area contributed by atoms with Crippen LogP contribution in [0.15, 0.2) is 119 Å². The van der Waals surface area contributed by atoms with E-state index in [1.54, 1.807) is 12.1 Å². The summed E-state index contributed by atoms with van der Waals surface area (Å²) in [5, 5.41) is 0. The van der Waals surface area contributed by atoms with Crippen LogP contribution in [-0.2, 0) is 6.42 Å². The standard InChI is InChI=1S/C30H27FN2O/c1-2-34-28-19-17-27(18-20-28)33-30(24-11-7-4-8-12-24)29(25-13-15-26(31)16-14-25)32-22-21-23-9-5-3-6-10-23/h3-20H,2,21-22H2,1H3. The molecule has 0 atom stereocenters. The summed E-state index contributed by atoms with van der Waals surface area (Å²) in [7, 11) is 0. The summed E-state index contributed by atoms with van der Waals surface area (Å²) < 4.78 is 19.3. The lowest BCUT2D eigenvalue weighted by molar-refractivity contribution is 0.340. The lowest BCUT2D eigenvalue weighted by Gasteiger charge is -2.13. The van der Waals surface area contributed by atoms with Crippen molar-refractivity contribution in [3.8, 4) is 5.75 Å².